The second-order valence-electron chi connectivity index (χ2n) is 3.73. The molecule has 92 valence electrons. The van der Waals surface area contributed by atoms with Crippen LogP contribution in [0.3, 0.4) is 0 Å². The predicted molar refractivity (Wildman–Crippen MR) is 66.5 cm³/mol. The Hall–Kier alpha value is -1.62. The van der Waals surface area contributed by atoms with E-state index < -0.39 is 23.0 Å². The molecule has 0 aliphatic rings. The topological polar surface area (TPSA) is 30.0 Å². The number of rotatable bonds is 2. The molecule has 1 aromatic heterocycles. The maximum absolute atomic E-state index is 13.8. The lowest BCUT2D eigenvalue weighted by molar-refractivity contribution is 0.103. The molecule has 0 amide bonds. The zero-order valence-corrected chi connectivity index (χ0v) is 11.0. The minimum atomic E-state index is -0.894. The molecule has 0 saturated heterocycles. The number of aryl methyl sites for hydroxylation is 1. The average Bonchev–Trinajstić information content (AvgIpc) is 2.34. The van der Waals surface area contributed by atoms with E-state index >= 15 is 0 Å². The summed E-state index contributed by atoms with van der Waals surface area (Å²) in [6.07, 6.45) is 1.43. The molecule has 0 spiro atoms. The maximum atomic E-state index is 13.8. The van der Waals surface area contributed by atoms with Crippen molar-refractivity contribution in [1.29, 1.82) is 0 Å². The molecule has 0 unspecified atom stereocenters. The molecule has 0 N–H and O–H groups in total. The molecule has 18 heavy (non-hydrogen) atoms. The fourth-order valence-corrected chi connectivity index (χ4v) is 1.90. The quantitative estimate of drug-likeness (QED) is 0.626. The van der Waals surface area contributed by atoms with Gasteiger partial charge in [-0.1, -0.05) is 0 Å². The Kier molecular flexibility index (Phi) is 3.52. The Morgan fingerprint density at radius 1 is 1.28 bits per heavy atom. The van der Waals surface area contributed by atoms with E-state index in [2.05, 4.69) is 20.9 Å². The third-order valence-corrected chi connectivity index (χ3v) is 3.04. The van der Waals surface area contributed by atoms with Gasteiger partial charge in [-0.05, 0) is 47.1 Å². The fourth-order valence-electron chi connectivity index (χ4n) is 1.57. The highest BCUT2D eigenvalue weighted by Gasteiger charge is 2.21. The molecule has 2 rings (SSSR count). The minimum Gasteiger partial charge on any atom is -0.288 e. The van der Waals surface area contributed by atoms with Gasteiger partial charge in [0.15, 0.2) is 11.6 Å². The maximum Gasteiger partial charge on any atom is 0.199 e. The summed E-state index contributed by atoms with van der Waals surface area (Å²) in [6.45, 7) is 1.70. The SMILES string of the molecule is Cc1cc(C(=O)c2c(F)ccc(Br)c2F)ccn1. The second-order valence-corrected chi connectivity index (χ2v) is 4.59. The summed E-state index contributed by atoms with van der Waals surface area (Å²) >= 11 is 2.93. The predicted octanol–water partition coefficient (Wildman–Crippen LogP) is 3.66. The summed E-state index contributed by atoms with van der Waals surface area (Å²) in [5.41, 5.74) is 0.255. The Balaban J connectivity index is 2.56. The molecule has 0 fully saturated rings. The van der Waals surface area contributed by atoms with Crippen LogP contribution in [-0.2, 0) is 0 Å². The van der Waals surface area contributed by atoms with Gasteiger partial charge in [-0.25, -0.2) is 8.78 Å². The number of ketones is 1. The van der Waals surface area contributed by atoms with E-state index in [1.807, 2.05) is 0 Å². The molecule has 1 heterocycles. The van der Waals surface area contributed by atoms with E-state index in [1.54, 1.807) is 6.92 Å². The van der Waals surface area contributed by atoms with Crippen molar-refractivity contribution < 1.29 is 13.6 Å². The number of hydrogen-bond donors (Lipinski definition) is 0. The van der Waals surface area contributed by atoms with Crippen LogP contribution in [0.15, 0.2) is 34.9 Å². The molecular formula is C13H8BrF2NO. The first-order valence-corrected chi connectivity index (χ1v) is 5.91. The van der Waals surface area contributed by atoms with Crippen molar-refractivity contribution in [3.8, 4) is 0 Å². The van der Waals surface area contributed by atoms with Crippen molar-refractivity contribution >= 4 is 21.7 Å². The molecule has 0 radical (unpaired) electrons. The zero-order valence-electron chi connectivity index (χ0n) is 9.38. The smallest absolute Gasteiger partial charge is 0.199 e. The first-order chi connectivity index (χ1) is 8.50. The highest BCUT2D eigenvalue weighted by molar-refractivity contribution is 9.10. The number of benzene rings is 1. The lowest BCUT2D eigenvalue weighted by Gasteiger charge is -2.06. The third-order valence-electron chi connectivity index (χ3n) is 2.43. The van der Waals surface area contributed by atoms with E-state index in [-0.39, 0.29) is 10.0 Å². The van der Waals surface area contributed by atoms with Crippen LogP contribution in [0.2, 0.25) is 0 Å². The van der Waals surface area contributed by atoms with Gasteiger partial charge in [0.1, 0.15) is 5.82 Å². The van der Waals surface area contributed by atoms with Gasteiger partial charge in [-0.2, -0.15) is 0 Å². The van der Waals surface area contributed by atoms with Gasteiger partial charge in [0.25, 0.3) is 0 Å². The molecule has 2 nitrogen and oxygen atoms in total. The van der Waals surface area contributed by atoms with Crippen LogP contribution in [0.1, 0.15) is 21.6 Å². The largest absolute Gasteiger partial charge is 0.288 e. The fraction of sp³-hybridized carbons (Fsp3) is 0.0769. The van der Waals surface area contributed by atoms with Crippen LogP contribution in [0.4, 0.5) is 8.78 Å². The first-order valence-electron chi connectivity index (χ1n) is 5.11. The highest BCUT2D eigenvalue weighted by atomic mass is 79.9. The van der Waals surface area contributed by atoms with Crippen molar-refractivity contribution in [3.05, 3.63) is 63.4 Å². The number of hydrogen-bond acceptors (Lipinski definition) is 2. The monoisotopic (exact) mass is 311 g/mol. The molecule has 2 aromatic rings. The molecule has 0 bridgehead atoms. The summed E-state index contributed by atoms with van der Waals surface area (Å²) in [5.74, 6) is -2.47. The summed E-state index contributed by atoms with van der Waals surface area (Å²) < 4.78 is 27.4. The molecular weight excluding hydrogens is 304 g/mol. The van der Waals surface area contributed by atoms with Crippen molar-refractivity contribution in [2.75, 3.05) is 0 Å². The minimum absolute atomic E-state index is 0.0537. The van der Waals surface area contributed by atoms with Crippen LogP contribution >= 0.6 is 15.9 Å². The highest BCUT2D eigenvalue weighted by Crippen LogP contribution is 2.24. The number of aromatic nitrogens is 1. The Bertz CT molecular complexity index is 628. The van der Waals surface area contributed by atoms with E-state index in [1.165, 1.54) is 24.4 Å². The van der Waals surface area contributed by atoms with Crippen molar-refractivity contribution in [3.63, 3.8) is 0 Å². The van der Waals surface area contributed by atoms with E-state index in [9.17, 15) is 13.6 Å². The Labute approximate surface area is 111 Å². The number of pyridine rings is 1. The molecule has 0 aliphatic carbocycles. The van der Waals surface area contributed by atoms with Crippen molar-refractivity contribution in [1.82, 2.24) is 4.98 Å². The van der Waals surface area contributed by atoms with Gasteiger partial charge in [0.2, 0.25) is 0 Å². The molecule has 5 heteroatoms. The van der Waals surface area contributed by atoms with Crippen LogP contribution in [0, 0.1) is 18.6 Å². The summed E-state index contributed by atoms with van der Waals surface area (Å²) in [5, 5.41) is 0. The van der Waals surface area contributed by atoms with Crippen LogP contribution in [-0.4, -0.2) is 10.8 Å². The van der Waals surface area contributed by atoms with Crippen LogP contribution in [0.25, 0.3) is 0 Å². The molecule has 1 aromatic carbocycles. The number of halogens is 3. The van der Waals surface area contributed by atoms with Gasteiger partial charge >= 0.3 is 0 Å². The second kappa shape index (κ2) is 4.94. The van der Waals surface area contributed by atoms with Gasteiger partial charge < -0.3 is 0 Å². The van der Waals surface area contributed by atoms with E-state index in [4.69, 9.17) is 0 Å². The molecule has 0 atom stereocenters. The third kappa shape index (κ3) is 2.31. The first kappa shape index (κ1) is 12.8. The number of nitrogens with zero attached hydrogens (tertiary/aromatic N) is 1. The van der Waals surface area contributed by atoms with Gasteiger partial charge in [-0.15, -0.1) is 0 Å². The van der Waals surface area contributed by atoms with E-state index in [0.717, 1.165) is 6.07 Å². The van der Waals surface area contributed by atoms with Crippen molar-refractivity contribution in [2.45, 2.75) is 6.92 Å². The lowest BCUT2D eigenvalue weighted by Crippen LogP contribution is -2.08. The van der Waals surface area contributed by atoms with Gasteiger partial charge in [0, 0.05) is 17.5 Å². The molecule has 0 aliphatic heterocycles. The Morgan fingerprint density at radius 3 is 2.67 bits per heavy atom. The number of carbonyl (C=O) groups excluding carboxylic acids is 1. The van der Waals surface area contributed by atoms with Gasteiger partial charge in [0.05, 0.1) is 10.0 Å². The number of carbonyl (C=O) groups is 1. The lowest BCUT2D eigenvalue weighted by atomic mass is 10.0. The van der Waals surface area contributed by atoms with Gasteiger partial charge in [-0.3, -0.25) is 9.78 Å². The van der Waals surface area contributed by atoms with Crippen LogP contribution < -0.4 is 0 Å². The Morgan fingerprint density at radius 2 is 2.00 bits per heavy atom. The zero-order chi connectivity index (χ0) is 13.3. The van der Waals surface area contributed by atoms with Crippen molar-refractivity contribution in [2.24, 2.45) is 0 Å². The summed E-state index contributed by atoms with van der Waals surface area (Å²) in [4.78, 5) is 16.0. The van der Waals surface area contributed by atoms with E-state index in [0.29, 0.717) is 5.69 Å². The summed E-state index contributed by atoms with van der Waals surface area (Å²) in [7, 11) is 0. The average molecular weight is 312 g/mol. The normalized spacial score (nSPS) is 10.4. The summed E-state index contributed by atoms with van der Waals surface area (Å²) in [6, 6.07) is 5.19. The standard InChI is InChI=1S/C13H8BrF2NO/c1-7-6-8(4-5-17-7)13(18)11-10(15)3-2-9(14)12(11)16/h2-6H,1H3. The van der Waals surface area contributed by atoms with Crippen LogP contribution in [0.5, 0.6) is 0 Å². The molecule has 0 saturated carbocycles.